The number of carbonyl (C=O) groups is 1. The Bertz CT molecular complexity index is 659. The fraction of sp³-hybridized carbons (Fsp3) is 0. The fourth-order valence-corrected chi connectivity index (χ4v) is 2.52. The fourth-order valence-electron chi connectivity index (χ4n) is 1.38. The molecule has 0 radical (unpaired) electrons. The maximum absolute atomic E-state index is 13.2. The molecule has 1 aromatic heterocycles. The Kier molecular flexibility index (Phi) is 3.91. The summed E-state index contributed by atoms with van der Waals surface area (Å²) in [6, 6.07) is 4.51. The number of nitrogens with zero attached hydrogens (tertiary/aromatic N) is 1. The van der Waals surface area contributed by atoms with Crippen LogP contribution in [0.5, 0.6) is 0 Å². The second-order valence-corrected chi connectivity index (χ2v) is 5.84. The summed E-state index contributed by atoms with van der Waals surface area (Å²) in [6.07, 6.45) is 0. The number of rotatable bonds is 3. The van der Waals surface area contributed by atoms with Gasteiger partial charge in [-0.2, -0.15) is 0 Å². The van der Waals surface area contributed by atoms with Crippen LogP contribution in [0.4, 0.5) is 15.8 Å². The molecule has 1 N–H and O–H groups in total. The lowest BCUT2D eigenvalue weighted by molar-refractivity contribution is -0.385. The van der Waals surface area contributed by atoms with Crippen molar-refractivity contribution in [1.29, 1.82) is 0 Å². The van der Waals surface area contributed by atoms with Gasteiger partial charge in [0.1, 0.15) is 5.82 Å². The molecule has 0 atom stereocenters. The molecule has 0 aliphatic rings. The summed E-state index contributed by atoms with van der Waals surface area (Å²) in [5.41, 5.74) is 0.0182. The lowest BCUT2D eigenvalue weighted by atomic mass is 10.2. The molecule has 1 amide bonds. The van der Waals surface area contributed by atoms with Crippen LogP contribution in [0, 0.1) is 15.9 Å². The number of anilines is 1. The van der Waals surface area contributed by atoms with Crippen LogP contribution in [0.1, 0.15) is 10.4 Å². The number of halogens is 2. The molecule has 1 aromatic carbocycles. The maximum atomic E-state index is 13.2. The zero-order valence-electron chi connectivity index (χ0n) is 9.22. The molecule has 0 bridgehead atoms. The Morgan fingerprint density at radius 2 is 2.11 bits per heavy atom. The second-order valence-electron chi connectivity index (χ2n) is 3.55. The highest BCUT2D eigenvalue weighted by Crippen LogP contribution is 2.23. The average Bonchev–Trinajstić information content (AvgIpc) is 2.75. The van der Waals surface area contributed by atoms with Crippen molar-refractivity contribution in [3.05, 3.63) is 54.9 Å². The largest absolute Gasteiger partial charge is 0.322 e. The van der Waals surface area contributed by atoms with Gasteiger partial charge in [-0.15, -0.1) is 11.3 Å². The summed E-state index contributed by atoms with van der Waals surface area (Å²) in [5.74, 6) is -1.24. The highest BCUT2D eigenvalue weighted by Gasteiger charge is 2.13. The van der Waals surface area contributed by atoms with E-state index in [4.69, 9.17) is 0 Å². The van der Waals surface area contributed by atoms with Crippen LogP contribution in [-0.2, 0) is 0 Å². The van der Waals surface area contributed by atoms with Crippen LogP contribution in [0.2, 0.25) is 0 Å². The molecule has 8 heteroatoms. The number of thiophene rings is 1. The van der Waals surface area contributed by atoms with Crippen molar-refractivity contribution in [3.8, 4) is 0 Å². The van der Waals surface area contributed by atoms with Gasteiger partial charge < -0.3 is 5.32 Å². The third-order valence-electron chi connectivity index (χ3n) is 2.18. The Hall–Kier alpha value is -1.80. The van der Waals surface area contributed by atoms with Gasteiger partial charge in [-0.3, -0.25) is 14.9 Å². The van der Waals surface area contributed by atoms with Gasteiger partial charge in [-0.1, -0.05) is 0 Å². The third kappa shape index (κ3) is 3.36. The van der Waals surface area contributed by atoms with Gasteiger partial charge in [0.2, 0.25) is 0 Å². The zero-order chi connectivity index (χ0) is 14.0. The van der Waals surface area contributed by atoms with Gasteiger partial charge in [0.15, 0.2) is 0 Å². The SMILES string of the molecule is O=C(Nc1cc(F)cc([N+](=O)[O-])c1)c1csc(Br)c1. The van der Waals surface area contributed by atoms with E-state index in [9.17, 15) is 19.3 Å². The minimum atomic E-state index is -0.781. The summed E-state index contributed by atoms with van der Waals surface area (Å²) >= 11 is 4.55. The molecule has 0 saturated heterocycles. The highest BCUT2D eigenvalue weighted by atomic mass is 79.9. The molecule has 0 aliphatic carbocycles. The third-order valence-corrected chi connectivity index (χ3v) is 3.69. The Morgan fingerprint density at radius 1 is 1.37 bits per heavy atom. The molecule has 2 aromatic rings. The van der Waals surface area contributed by atoms with Crippen molar-refractivity contribution < 1.29 is 14.1 Å². The van der Waals surface area contributed by atoms with E-state index in [1.165, 1.54) is 11.3 Å². The van der Waals surface area contributed by atoms with Gasteiger partial charge in [-0.25, -0.2) is 4.39 Å². The molecular formula is C11H6BrFN2O3S. The first-order valence-corrected chi connectivity index (χ1v) is 6.63. The lowest BCUT2D eigenvalue weighted by Gasteiger charge is -2.03. The van der Waals surface area contributed by atoms with Crippen LogP contribution < -0.4 is 5.32 Å². The number of nitro groups is 1. The normalized spacial score (nSPS) is 10.2. The lowest BCUT2D eigenvalue weighted by Crippen LogP contribution is -2.11. The van der Waals surface area contributed by atoms with Crippen molar-refractivity contribution in [2.24, 2.45) is 0 Å². The number of non-ortho nitro benzene ring substituents is 1. The van der Waals surface area contributed by atoms with Crippen LogP contribution in [-0.4, -0.2) is 10.8 Å². The average molecular weight is 345 g/mol. The van der Waals surface area contributed by atoms with Crippen molar-refractivity contribution in [2.45, 2.75) is 0 Å². The molecule has 0 saturated carbocycles. The first-order chi connectivity index (χ1) is 8.95. The maximum Gasteiger partial charge on any atom is 0.274 e. The number of nitro benzene ring substituents is 1. The molecular weight excluding hydrogens is 339 g/mol. The van der Waals surface area contributed by atoms with E-state index in [1.807, 2.05) is 0 Å². The van der Waals surface area contributed by atoms with E-state index >= 15 is 0 Å². The number of nitrogens with one attached hydrogen (secondary N) is 1. The first kappa shape index (κ1) is 13.6. The first-order valence-electron chi connectivity index (χ1n) is 4.96. The van der Waals surface area contributed by atoms with Crippen molar-refractivity contribution in [3.63, 3.8) is 0 Å². The molecule has 98 valence electrons. The molecule has 0 aliphatic heterocycles. The van der Waals surface area contributed by atoms with Crippen molar-refractivity contribution >= 4 is 44.5 Å². The minimum Gasteiger partial charge on any atom is -0.322 e. The van der Waals surface area contributed by atoms with Gasteiger partial charge in [0.25, 0.3) is 11.6 Å². The molecule has 0 unspecified atom stereocenters. The number of amides is 1. The van der Waals surface area contributed by atoms with Crippen LogP contribution in [0.15, 0.2) is 33.4 Å². The highest BCUT2D eigenvalue weighted by molar-refractivity contribution is 9.11. The monoisotopic (exact) mass is 344 g/mol. The predicted molar refractivity (Wildman–Crippen MR) is 73.0 cm³/mol. The summed E-state index contributed by atoms with van der Waals surface area (Å²) in [7, 11) is 0. The van der Waals surface area contributed by atoms with Gasteiger partial charge in [0.05, 0.1) is 26.0 Å². The number of hydrogen-bond donors (Lipinski definition) is 1. The molecule has 0 fully saturated rings. The molecule has 1 heterocycles. The number of hydrogen-bond acceptors (Lipinski definition) is 4. The van der Waals surface area contributed by atoms with E-state index < -0.39 is 22.3 Å². The van der Waals surface area contributed by atoms with Crippen molar-refractivity contribution in [2.75, 3.05) is 5.32 Å². The number of benzene rings is 1. The van der Waals surface area contributed by atoms with E-state index in [1.54, 1.807) is 11.4 Å². The number of carbonyl (C=O) groups excluding carboxylic acids is 1. The quantitative estimate of drug-likeness (QED) is 0.679. The second kappa shape index (κ2) is 5.45. The van der Waals surface area contributed by atoms with Gasteiger partial charge in [0, 0.05) is 11.4 Å². The topological polar surface area (TPSA) is 72.2 Å². The van der Waals surface area contributed by atoms with Crippen LogP contribution in [0.25, 0.3) is 0 Å². The molecule has 2 rings (SSSR count). The Labute approximate surface area is 119 Å². The minimum absolute atomic E-state index is 0.0408. The van der Waals surface area contributed by atoms with Crippen LogP contribution >= 0.6 is 27.3 Å². The summed E-state index contributed by atoms with van der Waals surface area (Å²) in [4.78, 5) is 21.7. The standard InChI is InChI=1S/C11H6BrFN2O3S/c12-10-1-6(5-19-10)11(16)14-8-2-7(13)3-9(4-8)15(17)18/h1-5H,(H,14,16). The van der Waals surface area contributed by atoms with E-state index in [0.29, 0.717) is 5.56 Å². The van der Waals surface area contributed by atoms with Gasteiger partial charge in [-0.05, 0) is 28.1 Å². The van der Waals surface area contributed by atoms with E-state index in [-0.39, 0.29) is 5.69 Å². The molecule has 19 heavy (non-hydrogen) atoms. The summed E-state index contributed by atoms with van der Waals surface area (Å²) < 4.78 is 14.0. The summed E-state index contributed by atoms with van der Waals surface area (Å²) in [5, 5.41) is 14.6. The summed E-state index contributed by atoms with van der Waals surface area (Å²) in [6.45, 7) is 0. The van der Waals surface area contributed by atoms with Crippen LogP contribution in [0.3, 0.4) is 0 Å². The molecule has 5 nitrogen and oxygen atoms in total. The van der Waals surface area contributed by atoms with Gasteiger partial charge >= 0.3 is 0 Å². The Morgan fingerprint density at radius 3 is 2.68 bits per heavy atom. The predicted octanol–water partition coefficient (Wildman–Crippen LogP) is 3.81. The van der Waals surface area contributed by atoms with E-state index in [0.717, 1.165) is 22.0 Å². The zero-order valence-corrected chi connectivity index (χ0v) is 11.6. The smallest absolute Gasteiger partial charge is 0.274 e. The van der Waals surface area contributed by atoms with Crippen molar-refractivity contribution in [1.82, 2.24) is 0 Å². The Balaban J connectivity index is 2.23. The molecule has 0 spiro atoms. The van der Waals surface area contributed by atoms with E-state index in [2.05, 4.69) is 21.2 Å².